The number of benzene rings is 2. The lowest BCUT2D eigenvalue weighted by Gasteiger charge is -2.15. The Morgan fingerprint density at radius 1 is 1.29 bits per heavy atom. The van der Waals surface area contributed by atoms with Gasteiger partial charge in [0.15, 0.2) is 0 Å². The summed E-state index contributed by atoms with van der Waals surface area (Å²) in [5.41, 5.74) is 7.47. The molecule has 2 nitrogen and oxygen atoms in total. The Kier molecular flexibility index (Phi) is 5.62. The van der Waals surface area contributed by atoms with Crippen LogP contribution in [-0.4, -0.2) is 6.04 Å². The number of para-hydroxylation sites is 1. The van der Waals surface area contributed by atoms with Crippen molar-refractivity contribution in [2.75, 3.05) is 0 Å². The zero-order chi connectivity index (χ0) is 15.4. The Morgan fingerprint density at radius 2 is 2.05 bits per heavy atom. The number of hydrogen-bond acceptors (Lipinski definition) is 2. The summed E-state index contributed by atoms with van der Waals surface area (Å²) in [6, 6.07) is 10.1. The average Bonchev–Trinajstić information content (AvgIpc) is 2.41. The van der Waals surface area contributed by atoms with E-state index in [2.05, 4.69) is 15.9 Å². The molecule has 21 heavy (non-hydrogen) atoms. The Morgan fingerprint density at radius 3 is 2.76 bits per heavy atom. The smallest absolute Gasteiger partial charge is 0.137 e. The summed E-state index contributed by atoms with van der Waals surface area (Å²) in [7, 11) is 0. The van der Waals surface area contributed by atoms with Crippen LogP contribution in [0.5, 0.6) is 5.75 Å². The van der Waals surface area contributed by atoms with Gasteiger partial charge in [-0.25, -0.2) is 4.39 Å². The molecule has 0 aliphatic rings. The summed E-state index contributed by atoms with van der Waals surface area (Å²) in [4.78, 5) is 0. The first-order valence-electron chi connectivity index (χ1n) is 6.57. The van der Waals surface area contributed by atoms with Gasteiger partial charge in [0.2, 0.25) is 0 Å². The van der Waals surface area contributed by atoms with Crippen LogP contribution in [0, 0.1) is 5.82 Å². The van der Waals surface area contributed by atoms with Crippen molar-refractivity contribution in [1.29, 1.82) is 0 Å². The molecule has 0 aliphatic heterocycles. The van der Waals surface area contributed by atoms with Gasteiger partial charge in [-0.1, -0.05) is 23.7 Å². The van der Waals surface area contributed by atoms with Crippen LogP contribution in [0.2, 0.25) is 5.02 Å². The van der Waals surface area contributed by atoms with Crippen molar-refractivity contribution in [1.82, 2.24) is 0 Å². The summed E-state index contributed by atoms with van der Waals surface area (Å²) in [5.74, 6) is 0.385. The normalized spacial score (nSPS) is 12.2. The molecule has 0 spiro atoms. The van der Waals surface area contributed by atoms with E-state index in [1.54, 1.807) is 0 Å². The third-order valence-electron chi connectivity index (χ3n) is 2.97. The highest BCUT2D eigenvalue weighted by Crippen LogP contribution is 2.31. The van der Waals surface area contributed by atoms with Crippen LogP contribution >= 0.6 is 27.5 Å². The largest absolute Gasteiger partial charge is 0.487 e. The van der Waals surface area contributed by atoms with Crippen LogP contribution in [-0.2, 0) is 13.0 Å². The molecule has 0 fully saturated rings. The van der Waals surface area contributed by atoms with Crippen molar-refractivity contribution in [3.05, 3.63) is 62.8 Å². The molecule has 0 aliphatic carbocycles. The molecule has 0 heterocycles. The van der Waals surface area contributed by atoms with Crippen LogP contribution in [0.1, 0.15) is 18.1 Å². The molecule has 1 atom stereocenters. The zero-order valence-electron chi connectivity index (χ0n) is 11.6. The van der Waals surface area contributed by atoms with Crippen molar-refractivity contribution in [3.63, 3.8) is 0 Å². The van der Waals surface area contributed by atoms with Gasteiger partial charge in [0.1, 0.15) is 18.2 Å². The molecule has 0 aromatic heterocycles. The summed E-state index contributed by atoms with van der Waals surface area (Å²) in [6.07, 6.45) is 0.700. The topological polar surface area (TPSA) is 35.2 Å². The van der Waals surface area contributed by atoms with Gasteiger partial charge in [0.05, 0.1) is 4.47 Å². The molecule has 2 aromatic carbocycles. The van der Waals surface area contributed by atoms with Crippen molar-refractivity contribution in [2.45, 2.75) is 26.0 Å². The second-order valence-electron chi connectivity index (χ2n) is 4.93. The van der Waals surface area contributed by atoms with Gasteiger partial charge in [-0.15, -0.1) is 0 Å². The molecule has 5 heteroatoms. The highest BCUT2D eigenvalue weighted by atomic mass is 79.9. The number of rotatable bonds is 5. The standard InChI is InChI=1S/C16H16BrClFNO/c1-10(20)7-11-3-2-4-14(17)16(11)21-9-12-8-13(19)5-6-15(12)18/h2-6,8,10H,7,9,20H2,1H3. The molecule has 1 unspecified atom stereocenters. The minimum absolute atomic E-state index is 0.0272. The van der Waals surface area contributed by atoms with Gasteiger partial charge in [-0.3, -0.25) is 0 Å². The summed E-state index contributed by atoms with van der Waals surface area (Å²) in [5, 5.41) is 0.484. The van der Waals surface area contributed by atoms with Gasteiger partial charge >= 0.3 is 0 Å². The first-order chi connectivity index (χ1) is 9.97. The van der Waals surface area contributed by atoms with Crippen LogP contribution < -0.4 is 10.5 Å². The number of hydrogen-bond donors (Lipinski definition) is 1. The molecule has 0 amide bonds. The SMILES string of the molecule is CC(N)Cc1cccc(Br)c1OCc1cc(F)ccc1Cl. The predicted molar refractivity (Wildman–Crippen MR) is 87.2 cm³/mol. The molecular weight excluding hydrogens is 357 g/mol. The monoisotopic (exact) mass is 371 g/mol. The molecule has 0 saturated carbocycles. The van der Waals surface area contributed by atoms with E-state index in [1.165, 1.54) is 18.2 Å². The van der Waals surface area contributed by atoms with E-state index in [1.807, 2.05) is 25.1 Å². The Labute approximate surface area is 137 Å². The maximum absolute atomic E-state index is 13.3. The zero-order valence-corrected chi connectivity index (χ0v) is 13.9. The lowest BCUT2D eigenvalue weighted by atomic mass is 10.1. The fourth-order valence-corrected chi connectivity index (χ4v) is 2.72. The van der Waals surface area contributed by atoms with Crippen molar-refractivity contribution in [2.24, 2.45) is 5.73 Å². The van der Waals surface area contributed by atoms with Crippen molar-refractivity contribution in [3.8, 4) is 5.75 Å². The number of halogens is 3. The minimum Gasteiger partial charge on any atom is -0.487 e. The summed E-state index contributed by atoms with van der Waals surface area (Å²) >= 11 is 9.52. The fourth-order valence-electron chi connectivity index (χ4n) is 2.03. The van der Waals surface area contributed by atoms with Gasteiger partial charge < -0.3 is 10.5 Å². The van der Waals surface area contributed by atoms with Gasteiger partial charge in [0, 0.05) is 16.6 Å². The second kappa shape index (κ2) is 7.25. The maximum atomic E-state index is 13.3. The fraction of sp³-hybridized carbons (Fsp3) is 0.250. The first-order valence-corrected chi connectivity index (χ1v) is 7.74. The quantitative estimate of drug-likeness (QED) is 0.825. The molecule has 2 rings (SSSR count). The third kappa shape index (κ3) is 4.43. The van der Waals surface area contributed by atoms with Crippen LogP contribution in [0.3, 0.4) is 0 Å². The Balaban J connectivity index is 2.21. The van der Waals surface area contributed by atoms with Crippen LogP contribution in [0.4, 0.5) is 4.39 Å². The third-order valence-corrected chi connectivity index (χ3v) is 3.96. The molecule has 0 radical (unpaired) electrons. The molecular formula is C16H16BrClFNO. The van der Waals surface area contributed by atoms with E-state index < -0.39 is 0 Å². The van der Waals surface area contributed by atoms with Gasteiger partial charge in [0.25, 0.3) is 0 Å². The lowest BCUT2D eigenvalue weighted by Crippen LogP contribution is -2.18. The van der Waals surface area contributed by atoms with Crippen molar-refractivity contribution < 1.29 is 9.13 Å². The number of nitrogens with two attached hydrogens (primary N) is 1. The van der Waals surface area contributed by atoms with Crippen molar-refractivity contribution >= 4 is 27.5 Å². The second-order valence-corrected chi connectivity index (χ2v) is 6.20. The molecule has 0 saturated heterocycles. The van der Waals surface area contributed by atoms with Crippen LogP contribution in [0.25, 0.3) is 0 Å². The summed E-state index contributed by atoms with van der Waals surface area (Å²) in [6.45, 7) is 2.14. The highest BCUT2D eigenvalue weighted by Gasteiger charge is 2.11. The van der Waals surface area contributed by atoms with E-state index in [-0.39, 0.29) is 18.5 Å². The highest BCUT2D eigenvalue weighted by molar-refractivity contribution is 9.10. The maximum Gasteiger partial charge on any atom is 0.137 e. The van der Waals surface area contributed by atoms with E-state index in [0.29, 0.717) is 17.0 Å². The molecule has 2 N–H and O–H groups in total. The predicted octanol–water partition coefficient (Wildman–Crippen LogP) is 4.71. The van der Waals surface area contributed by atoms with E-state index in [9.17, 15) is 4.39 Å². The lowest BCUT2D eigenvalue weighted by molar-refractivity contribution is 0.300. The molecule has 112 valence electrons. The van der Waals surface area contributed by atoms with Crippen LogP contribution in [0.15, 0.2) is 40.9 Å². The first kappa shape index (κ1) is 16.3. The molecule has 0 bridgehead atoms. The Bertz CT molecular complexity index is 634. The number of ether oxygens (including phenoxy) is 1. The van der Waals surface area contributed by atoms with Gasteiger partial charge in [-0.05, 0) is 59.1 Å². The van der Waals surface area contributed by atoms with E-state index >= 15 is 0 Å². The minimum atomic E-state index is -0.332. The van der Waals surface area contributed by atoms with Gasteiger partial charge in [-0.2, -0.15) is 0 Å². The van der Waals surface area contributed by atoms with E-state index in [0.717, 1.165) is 15.8 Å². The summed E-state index contributed by atoms with van der Waals surface area (Å²) < 4.78 is 19.9. The Hall–Kier alpha value is -1.10. The average molecular weight is 373 g/mol. The molecule has 2 aromatic rings. The van der Waals surface area contributed by atoms with E-state index in [4.69, 9.17) is 22.1 Å².